The molecule has 6 heteroatoms. The molecule has 0 spiro atoms. The average molecular weight is 299 g/mol. The average Bonchev–Trinajstić information content (AvgIpc) is 2.73. The van der Waals surface area contributed by atoms with Crippen LogP contribution >= 0.6 is 12.4 Å². The maximum atomic E-state index is 11.0. The number of H-pyrrole nitrogens is 1. The highest BCUT2D eigenvalue weighted by atomic mass is 35.5. The van der Waals surface area contributed by atoms with Gasteiger partial charge in [0.2, 0.25) is 5.91 Å². The van der Waals surface area contributed by atoms with E-state index in [-0.39, 0.29) is 30.9 Å². The number of aryl methyl sites for hydroxylation is 1. The number of hydrogen-bond acceptors (Lipinski definition) is 3. The lowest BCUT2D eigenvalue weighted by Crippen LogP contribution is -2.13. The molecule has 6 N–H and O–H groups in total. The molecule has 1 amide bonds. The van der Waals surface area contributed by atoms with Gasteiger partial charge in [0.25, 0.3) is 0 Å². The fourth-order valence-corrected chi connectivity index (χ4v) is 2.13. The van der Waals surface area contributed by atoms with Crippen molar-refractivity contribution in [3.8, 4) is 0 Å². The van der Waals surface area contributed by atoms with Crippen LogP contribution in [-0.4, -0.2) is 15.9 Å². The number of imidazole rings is 1. The number of nitrogens with two attached hydrogens (primary N) is 1. The molecule has 0 aliphatic heterocycles. The lowest BCUT2D eigenvalue weighted by Gasteiger charge is -1.97. The first-order valence-corrected chi connectivity index (χ1v) is 6.45. The van der Waals surface area contributed by atoms with Crippen molar-refractivity contribution in [2.75, 3.05) is 0 Å². The predicted molar refractivity (Wildman–Crippen MR) is 84.5 cm³/mol. The summed E-state index contributed by atoms with van der Waals surface area (Å²) in [6.45, 7) is 2.18. The van der Waals surface area contributed by atoms with Crippen LogP contribution in [0.2, 0.25) is 0 Å². The summed E-state index contributed by atoms with van der Waals surface area (Å²) in [7, 11) is 0. The Balaban J connectivity index is 0.00000180. The monoisotopic (exact) mass is 298 g/mol. The van der Waals surface area contributed by atoms with Crippen LogP contribution in [0.4, 0.5) is 0 Å². The standard InChI is InChI=1S/C14H19N3O.ClH.H3N/c1-2-3-4-8-13-16-11-7-5-6-10(9-12(15)18)14(11)17-13;;/h5-7H,2-4,8-9H2,1H3,(H2,15,18)(H,16,17);1H;1H3. The number of benzene rings is 1. The number of carbonyl (C=O) groups excluding carboxylic acids is 1. The van der Waals surface area contributed by atoms with E-state index < -0.39 is 0 Å². The van der Waals surface area contributed by atoms with Crippen LogP contribution in [0, 0.1) is 0 Å². The van der Waals surface area contributed by atoms with Crippen LogP contribution in [0.5, 0.6) is 0 Å². The molecule has 5 nitrogen and oxygen atoms in total. The lowest BCUT2D eigenvalue weighted by atomic mass is 10.1. The molecule has 1 aromatic carbocycles. The molecule has 2 rings (SSSR count). The van der Waals surface area contributed by atoms with Gasteiger partial charge in [-0.25, -0.2) is 4.98 Å². The van der Waals surface area contributed by atoms with Gasteiger partial charge in [-0.3, -0.25) is 4.79 Å². The molecule has 0 aliphatic carbocycles. The topological polar surface area (TPSA) is 107 Å². The molecule has 0 radical (unpaired) electrons. The number of aromatic nitrogens is 2. The van der Waals surface area contributed by atoms with E-state index in [1.165, 1.54) is 12.8 Å². The minimum atomic E-state index is -0.321. The SMILES string of the molecule is CCCCCc1nc2c(CC(N)=O)cccc2[nH]1.Cl.N. The smallest absolute Gasteiger partial charge is 0.221 e. The van der Waals surface area contributed by atoms with Crippen molar-refractivity contribution in [2.45, 2.75) is 39.0 Å². The van der Waals surface area contributed by atoms with Crippen molar-refractivity contribution >= 4 is 29.3 Å². The van der Waals surface area contributed by atoms with Crippen LogP contribution in [0.25, 0.3) is 11.0 Å². The second kappa shape index (κ2) is 8.55. The summed E-state index contributed by atoms with van der Waals surface area (Å²) in [4.78, 5) is 18.9. The fraction of sp³-hybridized carbons (Fsp3) is 0.429. The van der Waals surface area contributed by atoms with Crippen LogP contribution in [0.15, 0.2) is 18.2 Å². The molecule has 0 atom stereocenters. The molecular formula is C14H23ClN4O. The third-order valence-electron chi connectivity index (χ3n) is 3.03. The Hall–Kier alpha value is -1.59. The normalized spacial score (nSPS) is 9.85. The Morgan fingerprint density at radius 1 is 1.35 bits per heavy atom. The highest BCUT2D eigenvalue weighted by Gasteiger charge is 2.08. The summed E-state index contributed by atoms with van der Waals surface area (Å²) >= 11 is 0. The quantitative estimate of drug-likeness (QED) is 0.714. The third kappa shape index (κ3) is 4.51. The van der Waals surface area contributed by atoms with Crippen molar-refractivity contribution < 1.29 is 4.79 Å². The second-order valence-electron chi connectivity index (χ2n) is 4.60. The number of nitrogens with one attached hydrogen (secondary N) is 1. The molecule has 20 heavy (non-hydrogen) atoms. The number of fused-ring (bicyclic) bond motifs is 1. The molecule has 112 valence electrons. The predicted octanol–water partition coefficient (Wildman–Crippen LogP) is 2.91. The first-order valence-electron chi connectivity index (χ1n) is 6.45. The number of unbranched alkanes of at least 4 members (excludes halogenated alkanes) is 2. The van der Waals surface area contributed by atoms with Gasteiger partial charge in [-0.15, -0.1) is 12.4 Å². The molecule has 2 aromatic rings. The molecule has 0 unspecified atom stereocenters. The highest BCUT2D eigenvalue weighted by molar-refractivity contribution is 5.86. The Labute approximate surface area is 125 Å². The highest BCUT2D eigenvalue weighted by Crippen LogP contribution is 2.18. The Kier molecular flexibility index (Phi) is 7.87. The van der Waals surface area contributed by atoms with E-state index in [1.54, 1.807) is 0 Å². The number of hydrogen-bond donors (Lipinski definition) is 3. The number of primary amides is 1. The maximum Gasteiger partial charge on any atom is 0.221 e. The number of carbonyl (C=O) groups is 1. The molecular weight excluding hydrogens is 276 g/mol. The van der Waals surface area contributed by atoms with Gasteiger partial charge in [0.05, 0.1) is 17.5 Å². The Morgan fingerprint density at radius 3 is 2.75 bits per heavy atom. The number of amides is 1. The molecule has 0 saturated heterocycles. The zero-order valence-electron chi connectivity index (χ0n) is 11.8. The summed E-state index contributed by atoms with van der Waals surface area (Å²) in [5.74, 6) is 0.674. The molecule has 0 saturated carbocycles. The van der Waals surface area contributed by atoms with Gasteiger partial charge in [-0.05, 0) is 18.1 Å². The zero-order chi connectivity index (χ0) is 13.0. The first-order chi connectivity index (χ1) is 8.70. The number of nitrogens with zero attached hydrogens (tertiary/aromatic N) is 1. The van der Waals surface area contributed by atoms with E-state index in [0.29, 0.717) is 0 Å². The third-order valence-corrected chi connectivity index (χ3v) is 3.03. The number of halogens is 1. The minimum absolute atomic E-state index is 0. The largest absolute Gasteiger partial charge is 0.369 e. The lowest BCUT2D eigenvalue weighted by molar-refractivity contribution is -0.117. The van der Waals surface area contributed by atoms with Gasteiger partial charge in [0, 0.05) is 6.42 Å². The summed E-state index contributed by atoms with van der Waals surface area (Å²) < 4.78 is 0. The van der Waals surface area contributed by atoms with Crippen LogP contribution < -0.4 is 11.9 Å². The van der Waals surface area contributed by atoms with Gasteiger partial charge >= 0.3 is 0 Å². The van der Waals surface area contributed by atoms with Crippen LogP contribution in [0.3, 0.4) is 0 Å². The maximum absolute atomic E-state index is 11.0. The molecule has 0 aliphatic rings. The van der Waals surface area contributed by atoms with Crippen molar-refractivity contribution in [2.24, 2.45) is 5.73 Å². The molecule has 1 heterocycles. The zero-order valence-corrected chi connectivity index (χ0v) is 12.6. The summed E-state index contributed by atoms with van der Waals surface area (Å²) in [6, 6.07) is 5.81. The van der Waals surface area contributed by atoms with E-state index in [9.17, 15) is 4.79 Å². The van der Waals surface area contributed by atoms with E-state index in [1.807, 2.05) is 18.2 Å². The first kappa shape index (κ1) is 18.4. The van der Waals surface area contributed by atoms with Gasteiger partial charge in [0.1, 0.15) is 5.82 Å². The fourth-order valence-electron chi connectivity index (χ4n) is 2.13. The Bertz CT molecular complexity index is 553. The molecule has 1 aromatic heterocycles. The van der Waals surface area contributed by atoms with Crippen molar-refractivity contribution in [1.82, 2.24) is 16.1 Å². The molecule has 0 fully saturated rings. The summed E-state index contributed by atoms with van der Waals surface area (Å²) in [5, 5.41) is 0. The number of rotatable bonds is 6. The van der Waals surface area contributed by atoms with Crippen molar-refractivity contribution in [3.05, 3.63) is 29.6 Å². The van der Waals surface area contributed by atoms with E-state index in [4.69, 9.17) is 5.73 Å². The Morgan fingerprint density at radius 2 is 2.10 bits per heavy atom. The van der Waals surface area contributed by atoms with E-state index >= 15 is 0 Å². The van der Waals surface area contributed by atoms with Crippen LogP contribution in [0.1, 0.15) is 37.6 Å². The second-order valence-corrected chi connectivity index (χ2v) is 4.60. The summed E-state index contributed by atoms with van der Waals surface area (Å²) in [5.41, 5.74) is 8.01. The van der Waals surface area contributed by atoms with Gasteiger partial charge < -0.3 is 16.9 Å². The number of para-hydroxylation sites is 1. The summed E-state index contributed by atoms with van der Waals surface area (Å²) in [6.07, 6.45) is 4.76. The van der Waals surface area contributed by atoms with Crippen molar-refractivity contribution in [1.29, 1.82) is 0 Å². The van der Waals surface area contributed by atoms with Gasteiger partial charge in [0.15, 0.2) is 0 Å². The number of aromatic amines is 1. The van der Waals surface area contributed by atoms with Crippen LogP contribution in [-0.2, 0) is 17.6 Å². The van der Waals surface area contributed by atoms with Crippen molar-refractivity contribution in [3.63, 3.8) is 0 Å². The molecule has 0 bridgehead atoms. The van der Waals surface area contributed by atoms with Gasteiger partial charge in [-0.2, -0.15) is 0 Å². The van der Waals surface area contributed by atoms with Gasteiger partial charge in [-0.1, -0.05) is 31.9 Å². The van der Waals surface area contributed by atoms with E-state index in [2.05, 4.69) is 16.9 Å². The van der Waals surface area contributed by atoms with E-state index in [0.717, 1.165) is 35.3 Å². The minimum Gasteiger partial charge on any atom is -0.369 e.